The summed E-state index contributed by atoms with van der Waals surface area (Å²) in [4.78, 5) is 4.36. The summed E-state index contributed by atoms with van der Waals surface area (Å²) < 4.78 is 11.0. The minimum absolute atomic E-state index is 0.329. The lowest BCUT2D eigenvalue weighted by Gasteiger charge is -2.13. The van der Waals surface area contributed by atoms with Crippen LogP contribution in [0.2, 0.25) is 0 Å². The van der Waals surface area contributed by atoms with Crippen molar-refractivity contribution in [3.63, 3.8) is 0 Å². The minimum Gasteiger partial charge on any atom is -0.382 e. The average Bonchev–Trinajstić information content (AvgIpc) is 3.14. The second-order valence-corrected chi connectivity index (χ2v) is 4.41. The molecule has 3 N–H and O–H groups in total. The molecule has 21 heavy (non-hydrogen) atoms. The summed E-state index contributed by atoms with van der Waals surface area (Å²) in [7, 11) is 0. The van der Waals surface area contributed by atoms with Gasteiger partial charge in [-0.15, -0.1) is 0 Å². The van der Waals surface area contributed by atoms with Gasteiger partial charge < -0.3 is 15.0 Å². The van der Waals surface area contributed by atoms with Crippen molar-refractivity contribution in [1.82, 2.24) is 20.3 Å². The number of nitrogens with zero attached hydrogens (tertiary/aromatic N) is 3. The number of nitrogens with two attached hydrogens (primary N) is 1. The van der Waals surface area contributed by atoms with E-state index in [1.165, 1.54) is 0 Å². The van der Waals surface area contributed by atoms with E-state index in [0.717, 1.165) is 5.56 Å². The molecule has 0 aliphatic carbocycles. The van der Waals surface area contributed by atoms with Crippen molar-refractivity contribution < 1.29 is 9.26 Å². The second-order valence-electron chi connectivity index (χ2n) is 4.41. The van der Waals surface area contributed by atoms with Gasteiger partial charge in [-0.25, -0.2) is 0 Å². The van der Waals surface area contributed by atoms with Crippen molar-refractivity contribution in [2.45, 2.75) is 13.0 Å². The van der Waals surface area contributed by atoms with Crippen LogP contribution in [0.3, 0.4) is 0 Å². The van der Waals surface area contributed by atoms with E-state index in [1.807, 2.05) is 37.3 Å². The summed E-state index contributed by atoms with van der Waals surface area (Å²) in [5.41, 5.74) is 7.11. The zero-order valence-corrected chi connectivity index (χ0v) is 11.5. The molecule has 108 valence electrons. The second kappa shape index (κ2) is 5.76. The average molecular weight is 285 g/mol. The SMILES string of the molecule is CCOC(c1ccccc1)c1noc(-c2cc(N)n[nH]2)n1. The molecule has 0 aliphatic rings. The zero-order valence-electron chi connectivity index (χ0n) is 11.5. The van der Waals surface area contributed by atoms with Crippen LogP contribution in [0.1, 0.15) is 24.4 Å². The van der Waals surface area contributed by atoms with Gasteiger partial charge in [0.05, 0.1) is 0 Å². The zero-order chi connectivity index (χ0) is 14.7. The molecule has 1 aromatic carbocycles. The van der Waals surface area contributed by atoms with Gasteiger partial charge in [-0.1, -0.05) is 35.5 Å². The smallest absolute Gasteiger partial charge is 0.276 e. The van der Waals surface area contributed by atoms with Crippen LogP contribution in [0.4, 0.5) is 5.82 Å². The lowest BCUT2D eigenvalue weighted by molar-refractivity contribution is 0.0833. The van der Waals surface area contributed by atoms with Crippen molar-refractivity contribution in [3.8, 4) is 11.6 Å². The number of nitrogens with one attached hydrogen (secondary N) is 1. The fourth-order valence-electron chi connectivity index (χ4n) is 2.01. The number of aromatic nitrogens is 4. The molecule has 0 aliphatic heterocycles. The number of H-pyrrole nitrogens is 1. The third kappa shape index (κ3) is 2.77. The third-order valence-electron chi connectivity index (χ3n) is 2.94. The van der Waals surface area contributed by atoms with Gasteiger partial charge >= 0.3 is 0 Å². The van der Waals surface area contributed by atoms with Crippen LogP contribution in [-0.2, 0) is 4.74 Å². The quantitative estimate of drug-likeness (QED) is 0.744. The van der Waals surface area contributed by atoms with E-state index in [2.05, 4.69) is 20.3 Å². The van der Waals surface area contributed by atoms with Crippen LogP contribution in [0.15, 0.2) is 40.9 Å². The van der Waals surface area contributed by atoms with Crippen LogP contribution in [0.5, 0.6) is 0 Å². The third-order valence-corrected chi connectivity index (χ3v) is 2.94. The molecule has 0 spiro atoms. The molecular formula is C14H15N5O2. The molecule has 7 heteroatoms. The number of nitrogen functional groups attached to an aromatic ring is 1. The molecule has 3 aromatic rings. The van der Waals surface area contributed by atoms with E-state index in [4.69, 9.17) is 15.0 Å². The number of aromatic amines is 1. The van der Waals surface area contributed by atoms with E-state index in [-0.39, 0.29) is 6.10 Å². The first-order valence-electron chi connectivity index (χ1n) is 6.59. The number of ether oxygens (including phenoxy) is 1. The maximum absolute atomic E-state index is 5.73. The number of benzene rings is 1. The Kier molecular flexibility index (Phi) is 3.65. The van der Waals surface area contributed by atoms with Crippen molar-refractivity contribution >= 4 is 5.82 Å². The fourth-order valence-corrected chi connectivity index (χ4v) is 2.01. The lowest BCUT2D eigenvalue weighted by atomic mass is 10.1. The molecule has 3 rings (SSSR count). The van der Waals surface area contributed by atoms with Crippen LogP contribution in [0.25, 0.3) is 11.6 Å². The Hall–Kier alpha value is -2.67. The highest BCUT2D eigenvalue weighted by atomic mass is 16.5. The Morgan fingerprint density at radius 1 is 1.33 bits per heavy atom. The number of hydrogen-bond donors (Lipinski definition) is 2. The highest BCUT2D eigenvalue weighted by molar-refractivity contribution is 5.51. The summed E-state index contributed by atoms with van der Waals surface area (Å²) in [6, 6.07) is 11.4. The molecular weight excluding hydrogens is 270 g/mol. The first-order valence-corrected chi connectivity index (χ1v) is 6.59. The summed E-state index contributed by atoms with van der Waals surface area (Å²) in [5, 5.41) is 10.6. The highest BCUT2D eigenvalue weighted by Crippen LogP contribution is 2.26. The molecule has 0 radical (unpaired) electrons. The maximum atomic E-state index is 5.73. The van der Waals surface area contributed by atoms with Gasteiger partial charge in [0.1, 0.15) is 17.6 Å². The van der Waals surface area contributed by atoms with E-state index in [0.29, 0.717) is 29.8 Å². The molecule has 1 atom stereocenters. The van der Waals surface area contributed by atoms with Crippen LogP contribution < -0.4 is 5.73 Å². The van der Waals surface area contributed by atoms with Crippen molar-refractivity contribution in [3.05, 3.63) is 47.8 Å². The molecule has 0 saturated carbocycles. The fraction of sp³-hybridized carbons (Fsp3) is 0.214. The van der Waals surface area contributed by atoms with Gasteiger partial charge in [-0.2, -0.15) is 10.1 Å². The van der Waals surface area contributed by atoms with E-state index >= 15 is 0 Å². The van der Waals surface area contributed by atoms with Crippen molar-refractivity contribution in [2.24, 2.45) is 0 Å². The molecule has 1 unspecified atom stereocenters. The Bertz CT molecular complexity index is 707. The Labute approximate surface area is 121 Å². The van der Waals surface area contributed by atoms with Gasteiger partial charge in [0, 0.05) is 12.7 Å². The lowest BCUT2D eigenvalue weighted by Crippen LogP contribution is -2.07. The number of rotatable bonds is 5. The number of hydrogen-bond acceptors (Lipinski definition) is 6. The molecule has 0 amide bonds. The number of anilines is 1. The predicted molar refractivity (Wildman–Crippen MR) is 76.2 cm³/mol. The maximum Gasteiger partial charge on any atom is 0.276 e. The van der Waals surface area contributed by atoms with Crippen LogP contribution >= 0.6 is 0 Å². The molecule has 2 heterocycles. The van der Waals surface area contributed by atoms with Crippen molar-refractivity contribution in [1.29, 1.82) is 0 Å². The van der Waals surface area contributed by atoms with E-state index < -0.39 is 0 Å². The normalized spacial score (nSPS) is 12.4. The van der Waals surface area contributed by atoms with Gasteiger partial charge in [0.15, 0.2) is 0 Å². The molecule has 7 nitrogen and oxygen atoms in total. The van der Waals surface area contributed by atoms with E-state index in [9.17, 15) is 0 Å². The minimum atomic E-state index is -0.367. The summed E-state index contributed by atoms with van der Waals surface area (Å²) in [6.45, 7) is 2.47. The Morgan fingerprint density at radius 2 is 2.14 bits per heavy atom. The molecule has 0 bridgehead atoms. The summed E-state index contributed by atoms with van der Waals surface area (Å²) in [6.07, 6.45) is -0.367. The first-order chi connectivity index (χ1) is 10.3. The van der Waals surface area contributed by atoms with Crippen molar-refractivity contribution in [2.75, 3.05) is 12.3 Å². The van der Waals surface area contributed by atoms with Gasteiger partial charge in [-0.05, 0) is 12.5 Å². The molecule has 2 aromatic heterocycles. The monoisotopic (exact) mass is 285 g/mol. The van der Waals surface area contributed by atoms with Crippen LogP contribution in [0, 0.1) is 0 Å². The van der Waals surface area contributed by atoms with Gasteiger partial charge in [0.2, 0.25) is 5.82 Å². The topological polar surface area (TPSA) is 103 Å². The summed E-state index contributed by atoms with van der Waals surface area (Å²) in [5.74, 6) is 1.16. The standard InChI is InChI=1S/C14H15N5O2/c1-2-20-12(9-6-4-3-5-7-9)13-16-14(21-19-13)10-8-11(15)18-17-10/h3-8,12H,2H2,1H3,(H3,15,17,18). The highest BCUT2D eigenvalue weighted by Gasteiger charge is 2.21. The largest absolute Gasteiger partial charge is 0.382 e. The first kappa shape index (κ1) is 13.3. The molecule has 0 fully saturated rings. The Morgan fingerprint density at radius 3 is 2.81 bits per heavy atom. The molecule has 0 saturated heterocycles. The van der Waals surface area contributed by atoms with Gasteiger partial charge in [0.25, 0.3) is 5.89 Å². The summed E-state index contributed by atoms with van der Waals surface area (Å²) >= 11 is 0. The van der Waals surface area contributed by atoms with Crippen LogP contribution in [-0.4, -0.2) is 26.9 Å². The van der Waals surface area contributed by atoms with Gasteiger partial charge in [-0.3, -0.25) is 5.10 Å². The predicted octanol–water partition coefficient (Wildman–Crippen LogP) is 2.17. The van der Waals surface area contributed by atoms with E-state index in [1.54, 1.807) is 6.07 Å². The Balaban J connectivity index is 1.92.